The average Bonchev–Trinajstić information content (AvgIpc) is 2.59. The lowest BCUT2D eigenvalue weighted by Gasteiger charge is -2.07. The summed E-state index contributed by atoms with van der Waals surface area (Å²) in [4.78, 5) is 23.2. The molecule has 0 spiro atoms. The lowest BCUT2D eigenvalue weighted by molar-refractivity contribution is -0.116. The van der Waals surface area contributed by atoms with E-state index in [0.717, 1.165) is 6.54 Å². The smallest absolute Gasteiger partial charge is 0.337 e. The Morgan fingerprint density at radius 3 is 2.35 bits per heavy atom. The van der Waals surface area contributed by atoms with Crippen molar-refractivity contribution in [2.75, 3.05) is 19.0 Å². The molecular weight excluding hydrogens is 292 g/mol. The molecule has 2 aromatic carbocycles. The summed E-state index contributed by atoms with van der Waals surface area (Å²) in [5, 5.41) is 6.02. The molecule has 0 aliphatic rings. The minimum absolute atomic E-state index is 0.0728. The summed E-state index contributed by atoms with van der Waals surface area (Å²) in [5.74, 6) is -0.468. The molecule has 120 valence electrons. The van der Waals surface area contributed by atoms with E-state index in [1.54, 1.807) is 24.3 Å². The Bertz CT molecular complexity index is 639. The molecule has 0 unspecified atom stereocenters. The maximum absolute atomic E-state index is 11.9. The second kappa shape index (κ2) is 8.70. The van der Waals surface area contributed by atoms with Crippen molar-refractivity contribution in [3.8, 4) is 0 Å². The highest BCUT2D eigenvalue weighted by Crippen LogP contribution is 2.10. The van der Waals surface area contributed by atoms with Crippen molar-refractivity contribution in [3.63, 3.8) is 0 Å². The molecule has 0 fully saturated rings. The number of methoxy groups -OCH3 is 1. The molecule has 0 aliphatic heterocycles. The fourth-order valence-corrected chi connectivity index (χ4v) is 2.06. The minimum Gasteiger partial charge on any atom is -0.465 e. The number of amides is 1. The quantitative estimate of drug-likeness (QED) is 0.609. The molecule has 0 heterocycles. The van der Waals surface area contributed by atoms with Gasteiger partial charge in [0.15, 0.2) is 0 Å². The Hall–Kier alpha value is -2.66. The van der Waals surface area contributed by atoms with Crippen molar-refractivity contribution in [2.45, 2.75) is 13.0 Å². The van der Waals surface area contributed by atoms with Crippen LogP contribution in [-0.4, -0.2) is 25.5 Å². The standard InChI is InChI=1S/C18H20N2O3/c1-23-18(22)15-7-9-16(10-8-15)20-17(21)11-12-19-13-14-5-3-2-4-6-14/h2-10,19H,11-13H2,1H3,(H,20,21). The molecule has 0 atom stereocenters. The lowest BCUT2D eigenvalue weighted by atomic mass is 10.2. The molecule has 2 rings (SSSR count). The summed E-state index contributed by atoms with van der Waals surface area (Å²) in [5.41, 5.74) is 2.30. The summed E-state index contributed by atoms with van der Waals surface area (Å²) >= 11 is 0. The number of rotatable bonds is 7. The first kappa shape index (κ1) is 16.7. The molecule has 0 saturated heterocycles. The van der Waals surface area contributed by atoms with Crippen LogP contribution < -0.4 is 10.6 Å². The predicted octanol–water partition coefficient (Wildman–Crippen LogP) is 2.59. The first-order valence-corrected chi connectivity index (χ1v) is 7.42. The van der Waals surface area contributed by atoms with Crippen LogP contribution in [0.25, 0.3) is 0 Å². The largest absolute Gasteiger partial charge is 0.465 e. The number of benzene rings is 2. The highest BCUT2D eigenvalue weighted by molar-refractivity contribution is 5.93. The highest BCUT2D eigenvalue weighted by atomic mass is 16.5. The van der Waals surface area contributed by atoms with Crippen LogP contribution in [0, 0.1) is 0 Å². The monoisotopic (exact) mass is 312 g/mol. The van der Waals surface area contributed by atoms with E-state index >= 15 is 0 Å². The second-order valence-corrected chi connectivity index (χ2v) is 5.03. The van der Waals surface area contributed by atoms with Gasteiger partial charge >= 0.3 is 5.97 Å². The van der Waals surface area contributed by atoms with E-state index in [1.807, 2.05) is 30.3 Å². The third kappa shape index (κ3) is 5.56. The van der Waals surface area contributed by atoms with Crippen LogP contribution in [0.4, 0.5) is 5.69 Å². The van der Waals surface area contributed by atoms with E-state index in [2.05, 4.69) is 15.4 Å². The van der Waals surface area contributed by atoms with Crippen LogP contribution in [0.2, 0.25) is 0 Å². The van der Waals surface area contributed by atoms with E-state index in [1.165, 1.54) is 12.7 Å². The second-order valence-electron chi connectivity index (χ2n) is 5.03. The van der Waals surface area contributed by atoms with E-state index in [9.17, 15) is 9.59 Å². The number of anilines is 1. The number of carbonyl (C=O) groups is 2. The molecule has 0 aromatic heterocycles. The van der Waals surface area contributed by atoms with Crippen molar-refractivity contribution in [1.29, 1.82) is 0 Å². The highest BCUT2D eigenvalue weighted by Gasteiger charge is 2.06. The van der Waals surface area contributed by atoms with Crippen LogP contribution >= 0.6 is 0 Å². The minimum atomic E-state index is -0.395. The zero-order chi connectivity index (χ0) is 16.5. The van der Waals surface area contributed by atoms with Crippen LogP contribution in [0.15, 0.2) is 54.6 Å². The molecule has 1 amide bonds. The van der Waals surface area contributed by atoms with Crippen LogP contribution in [0.1, 0.15) is 22.3 Å². The molecule has 0 radical (unpaired) electrons. The number of ether oxygens (including phenoxy) is 1. The molecule has 2 N–H and O–H groups in total. The first-order valence-electron chi connectivity index (χ1n) is 7.42. The maximum atomic E-state index is 11.9. The fourth-order valence-electron chi connectivity index (χ4n) is 2.06. The summed E-state index contributed by atoms with van der Waals surface area (Å²) < 4.78 is 4.62. The van der Waals surface area contributed by atoms with E-state index in [0.29, 0.717) is 24.2 Å². The van der Waals surface area contributed by atoms with Gasteiger partial charge in [-0.1, -0.05) is 30.3 Å². The lowest BCUT2D eigenvalue weighted by Crippen LogP contribution is -2.21. The number of esters is 1. The summed E-state index contributed by atoms with van der Waals surface area (Å²) in [6, 6.07) is 16.6. The summed E-state index contributed by atoms with van der Waals surface area (Å²) in [7, 11) is 1.33. The molecule has 0 saturated carbocycles. The van der Waals surface area contributed by atoms with Crippen molar-refractivity contribution < 1.29 is 14.3 Å². The SMILES string of the molecule is COC(=O)c1ccc(NC(=O)CCNCc2ccccc2)cc1. The predicted molar refractivity (Wildman–Crippen MR) is 89.2 cm³/mol. The Balaban J connectivity index is 1.71. The Morgan fingerprint density at radius 2 is 1.70 bits per heavy atom. The Morgan fingerprint density at radius 1 is 1.00 bits per heavy atom. The van der Waals surface area contributed by atoms with Crippen LogP contribution in [-0.2, 0) is 16.1 Å². The molecule has 5 heteroatoms. The summed E-state index contributed by atoms with van der Waals surface area (Å²) in [6.45, 7) is 1.34. The molecule has 5 nitrogen and oxygen atoms in total. The molecule has 23 heavy (non-hydrogen) atoms. The van der Waals surface area contributed by atoms with Crippen molar-refractivity contribution in [3.05, 3.63) is 65.7 Å². The fraction of sp³-hybridized carbons (Fsp3) is 0.222. The number of nitrogens with one attached hydrogen (secondary N) is 2. The van der Waals surface area contributed by atoms with Gasteiger partial charge in [-0.3, -0.25) is 4.79 Å². The number of hydrogen-bond acceptors (Lipinski definition) is 4. The van der Waals surface area contributed by atoms with Crippen LogP contribution in [0.5, 0.6) is 0 Å². The topological polar surface area (TPSA) is 67.4 Å². The molecule has 2 aromatic rings. The Labute approximate surface area is 135 Å². The van der Waals surface area contributed by atoms with Gasteiger partial charge in [-0.2, -0.15) is 0 Å². The van der Waals surface area contributed by atoms with Gasteiger partial charge in [0.05, 0.1) is 12.7 Å². The van der Waals surface area contributed by atoms with E-state index in [4.69, 9.17) is 0 Å². The van der Waals surface area contributed by atoms with Gasteiger partial charge in [0.2, 0.25) is 5.91 Å². The van der Waals surface area contributed by atoms with Crippen molar-refractivity contribution in [2.24, 2.45) is 0 Å². The summed E-state index contributed by atoms with van der Waals surface area (Å²) in [6.07, 6.45) is 0.381. The zero-order valence-electron chi connectivity index (χ0n) is 13.0. The van der Waals surface area contributed by atoms with E-state index in [-0.39, 0.29) is 5.91 Å². The van der Waals surface area contributed by atoms with Gasteiger partial charge in [0.1, 0.15) is 0 Å². The van der Waals surface area contributed by atoms with Gasteiger partial charge in [0, 0.05) is 25.2 Å². The van der Waals surface area contributed by atoms with Crippen LogP contribution in [0.3, 0.4) is 0 Å². The third-order valence-corrected chi connectivity index (χ3v) is 3.29. The average molecular weight is 312 g/mol. The van der Waals surface area contributed by atoms with Gasteiger partial charge < -0.3 is 15.4 Å². The van der Waals surface area contributed by atoms with Crippen molar-refractivity contribution in [1.82, 2.24) is 5.32 Å². The van der Waals surface area contributed by atoms with Gasteiger partial charge in [-0.05, 0) is 29.8 Å². The molecular formula is C18H20N2O3. The number of hydrogen-bond donors (Lipinski definition) is 2. The van der Waals surface area contributed by atoms with E-state index < -0.39 is 5.97 Å². The molecule has 0 aliphatic carbocycles. The number of carbonyl (C=O) groups excluding carboxylic acids is 2. The van der Waals surface area contributed by atoms with Gasteiger partial charge in [-0.15, -0.1) is 0 Å². The van der Waals surface area contributed by atoms with Gasteiger partial charge in [-0.25, -0.2) is 4.79 Å². The molecule has 0 bridgehead atoms. The zero-order valence-corrected chi connectivity index (χ0v) is 13.0. The maximum Gasteiger partial charge on any atom is 0.337 e. The Kier molecular flexibility index (Phi) is 6.32. The van der Waals surface area contributed by atoms with Crippen molar-refractivity contribution >= 4 is 17.6 Å². The normalized spacial score (nSPS) is 10.1. The first-order chi connectivity index (χ1) is 11.2. The van der Waals surface area contributed by atoms with Gasteiger partial charge in [0.25, 0.3) is 0 Å². The third-order valence-electron chi connectivity index (χ3n) is 3.29.